The lowest BCUT2D eigenvalue weighted by atomic mass is 10.2. The Morgan fingerprint density at radius 3 is 2.19 bits per heavy atom. The molecule has 16 heavy (non-hydrogen) atoms. The molecule has 0 unspecified atom stereocenters. The second-order valence-corrected chi connectivity index (χ2v) is 6.90. The van der Waals surface area contributed by atoms with E-state index in [-0.39, 0.29) is 0 Å². The molecule has 0 heterocycles. The van der Waals surface area contributed by atoms with Gasteiger partial charge in [-0.1, -0.05) is 23.2 Å². The zero-order valence-corrected chi connectivity index (χ0v) is 12.2. The number of halogens is 2. The summed E-state index contributed by atoms with van der Waals surface area (Å²) in [7, 11) is 2.86. The minimum atomic E-state index is -2.76. The van der Waals surface area contributed by atoms with Crippen LogP contribution in [0.4, 0.5) is 0 Å². The van der Waals surface area contributed by atoms with Crippen molar-refractivity contribution in [2.75, 3.05) is 14.2 Å². The van der Waals surface area contributed by atoms with E-state index in [0.717, 1.165) is 5.56 Å². The average molecular weight is 301 g/mol. The zero-order valence-electron chi connectivity index (χ0n) is 8.99. The van der Waals surface area contributed by atoms with Gasteiger partial charge in [0.1, 0.15) is 5.75 Å². The van der Waals surface area contributed by atoms with Gasteiger partial charge in [-0.2, -0.15) is 0 Å². The van der Waals surface area contributed by atoms with Gasteiger partial charge in [0.05, 0.1) is 5.02 Å². The number of aryl methyl sites for hydroxylation is 1. The predicted octanol–water partition coefficient (Wildman–Crippen LogP) is 4.20. The second kappa shape index (κ2) is 5.67. The molecule has 3 nitrogen and oxygen atoms in total. The van der Waals surface area contributed by atoms with Crippen molar-refractivity contribution in [3.8, 4) is 5.75 Å². The minimum absolute atomic E-state index is 0.374. The molecule has 0 aromatic heterocycles. The van der Waals surface area contributed by atoms with Crippen LogP contribution in [0, 0.1) is 6.92 Å². The van der Waals surface area contributed by atoms with E-state index in [1.165, 1.54) is 14.2 Å². The Kier molecular flexibility index (Phi) is 5.05. The molecule has 0 radical (unpaired) electrons. The molecule has 0 amide bonds. The Bertz CT molecular complexity index is 431. The van der Waals surface area contributed by atoms with Crippen LogP contribution in [0.5, 0.6) is 5.75 Å². The smallest absolute Gasteiger partial charge is 0.380 e. The quantitative estimate of drug-likeness (QED) is 0.779. The fraction of sp³-hybridized carbons (Fsp3) is 0.333. The molecule has 0 aliphatic heterocycles. The summed E-state index contributed by atoms with van der Waals surface area (Å²) in [5.74, 6) is 0.413. The lowest BCUT2D eigenvalue weighted by Crippen LogP contribution is -1.97. The molecular weight excluding hydrogens is 290 g/mol. The van der Waals surface area contributed by atoms with Gasteiger partial charge < -0.3 is 13.6 Å². The highest BCUT2D eigenvalue weighted by molar-refractivity contribution is 8.07. The fourth-order valence-corrected chi connectivity index (χ4v) is 2.38. The summed E-state index contributed by atoms with van der Waals surface area (Å²) >= 11 is 17.0. The molecule has 7 heteroatoms. The average Bonchev–Trinajstić information content (AvgIpc) is 2.25. The first kappa shape index (κ1) is 14.2. The third-order valence-electron chi connectivity index (χ3n) is 1.87. The molecule has 1 aromatic rings. The van der Waals surface area contributed by atoms with Crippen LogP contribution in [0.15, 0.2) is 12.1 Å². The standard InChI is InChI=1S/C9H11Cl2O3PS/c1-6-4-9(8(11)5-7(6)10)14-15(16,12-2)13-3/h4-5H,1-3H3. The molecule has 0 aliphatic carbocycles. The normalized spacial score (nSPS) is 11.6. The van der Waals surface area contributed by atoms with Crippen molar-refractivity contribution in [1.29, 1.82) is 0 Å². The molecule has 1 aromatic carbocycles. The first-order valence-electron chi connectivity index (χ1n) is 4.28. The summed E-state index contributed by atoms with van der Waals surface area (Å²) < 4.78 is 15.5. The first-order chi connectivity index (χ1) is 7.41. The topological polar surface area (TPSA) is 27.7 Å². The largest absolute Gasteiger partial charge is 0.423 e. The van der Waals surface area contributed by atoms with Gasteiger partial charge in [-0.3, -0.25) is 0 Å². The molecule has 0 aliphatic rings. The molecule has 0 N–H and O–H groups in total. The lowest BCUT2D eigenvalue weighted by molar-refractivity contribution is 0.273. The van der Waals surface area contributed by atoms with E-state index in [9.17, 15) is 0 Å². The minimum Gasteiger partial charge on any atom is -0.423 e. The monoisotopic (exact) mass is 300 g/mol. The van der Waals surface area contributed by atoms with E-state index in [1.54, 1.807) is 12.1 Å². The molecule has 0 saturated heterocycles. The van der Waals surface area contributed by atoms with Crippen molar-refractivity contribution in [2.45, 2.75) is 6.92 Å². The third-order valence-corrected chi connectivity index (χ3v) is 5.01. The van der Waals surface area contributed by atoms with E-state index >= 15 is 0 Å². The maximum Gasteiger partial charge on any atom is 0.380 e. The Balaban J connectivity index is 3.06. The van der Waals surface area contributed by atoms with Crippen molar-refractivity contribution >= 4 is 41.7 Å². The summed E-state index contributed by atoms with van der Waals surface area (Å²) in [4.78, 5) is 0. The van der Waals surface area contributed by atoms with E-state index in [1.807, 2.05) is 6.92 Å². The van der Waals surface area contributed by atoms with Crippen molar-refractivity contribution in [1.82, 2.24) is 0 Å². The zero-order chi connectivity index (χ0) is 12.3. The molecule has 90 valence electrons. The van der Waals surface area contributed by atoms with Crippen LogP contribution in [0.3, 0.4) is 0 Å². The van der Waals surface area contributed by atoms with E-state index in [0.29, 0.717) is 15.8 Å². The summed E-state index contributed by atoms with van der Waals surface area (Å²) in [5, 5.41) is 0.944. The van der Waals surface area contributed by atoms with Crippen LogP contribution in [0.1, 0.15) is 5.56 Å². The Labute approximate surface area is 110 Å². The van der Waals surface area contributed by atoms with Gasteiger partial charge in [0.15, 0.2) is 0 Å². The van der Waals surface area contributed by atoms with Gasteiger partial charge in [0.2, 0.25) is 0 Å². The van der Waals surface area contributed by atoms with Gasteiger partial charge in [-0.05, 0) is 24.6 Å². The Hall–Kier alpha value is 0.170. The molecule has 0 spiro atoms. The maximum absolute atomic E-state index is 5.97. The van der Waals surface area contributed by atoms with Crippen LogP contribution in [0.2, 0.25) is 10.0 Å². The van der Waals surface area contributed by atoms with Crippen LogP contribution >= 0.6 is 29.9 Å². The van der Waals surface area contributed by atoms with Crippen molar-refractivity contribution < 1.29 is 13.6 Å². The van der Waals surface area contributed by atoms with E-state index in [4.69, 9.17) is 48.6 Å². The maximum atomic E-state index is 5.97. The second-order valence-electron chi connectivity index (χ2n) is 2.94. The molecular formula is C9H11Cl2O3PS. The third kappa shape index (κ3) is 3.33. The van der Waals surface area contributed by atoms with Gasteiger partial charge >= 0.3 is 6.72 Å². The van der Waals surface area contributed by atoms with Crippen LogP contribution < -0.4 is 4.52 Å². The van der Waals surface area contributed by atoms with Gasteiger partial charge in [0.25, 0.3) is 0 Å². The summed E-state index contributed by atoms with van der Waals surface area (Å²) in [6.45, 7) is -0.917. The molecule has 0 atom stereocenters. The number of hydrogen-bond donors (Lipinski definition) is 0. The Morgan fingerprint density at radius 1 is 1.12 bits per heavy atom. The molecule has 0 bridgehead atoms. The molecule has 0 fully saturated rings. The molecule has 1 rings (SSSR count). The SMILES string of the molecule is COP(=S)(OC)Oc1cc(C)c(Cl)cc1Cl. The number of benzene rings is 1. The number of rotatable bonds is 4. The van der Waals surface area contributed by atoms with Crippen LogP contribution in [-0.4, -0.2) is 14.2 Å². The van der Waals surface area contributed by atoms with Crippen molar-refractivity contribution in [3.63, 3.8) is 0 Å². The van der Waals surface area contributed by atoms with E-state index in [2.05, 4.69) is 0 Å². The van der Waals surface area contributed by atoms with Gasteiger partial charge in [-0.15, -0.1) is 0 Å². The fourth-order valence-electron chi connectivity index (χ4n) is 0.970. The molecule has 0 saturated carbocycles. The van der Waals surface area contributed by atoms with Crippen LogP contribution in [-0.2, 0) is 20.9 Å². The number of hydrogen-bond acceptors (Lipinski definition) is 4. The van der Waals surface area contributed by atoms with Gasteiger partial charge in [-0.25, -0.2) is 0 Å². The summed E-state index contributed by atoms with van der Waals surface area (Å²) in [6.07, 6.45) is 0. The summed E-state index contributed by atoms with van der Waals surface area (Å²) in [6, 6.07) is 3.29. The van der Waals surface area contributed by atoms with E-state index < -0.39 is 6.72 Å². The predicted molar refractivity (Wildman–Crippen MR) is 70.1 cm³/mol. The highest BCUT2D eigenvalue weighted by Crippen LogP contribution is 2.50. The highest BCUT2D eigenvalue weighted by Gasteiger charge is 2.20. The van der Waals surface area contributed by atoms with Crippen LogP contribution in [0.25, 0.3) is 0 Å². The highest BCUT2D eigenvalue weighted by atomic mass is 35.5. The summed E-state index contributed by atoms with van der Waals surface area (Å²) in [5.41, 5.74) is 0.842. The Morgan fingerprint density at radius 2 is 1.69 bits per heavy atom. The van der Waals surface area contributed by atoms with Gasteiger partial charge in [0, 0.05) is 31.0 Å². The van der Waals surface area contributed by atoms with Crippen molar-refractivity contribution in [2.24, 2.45) is 0 Å². The van der Waals surface area contributed by atoms with Crippen molar-refractivity contribution in [3.05, 3.63) is 27.7 Å². The first-order valence-corrected chi connectivity index (χ1v) is 7.60. The lowest BCUT2D eigenvalue weighted by Gasteiger charge is -2.19.